The van der Waals surface area contributed by atoms with Crippen molar-refractivity contribution in [2.45, 2.75) is 26.0 Å². The third-order valence-corrected chi connectivity index (χ3v) is 3.03. The Kier molecular flexibility index (Phi) is 4.70. The minimum atomic E-state index is -0.102. The van der Waals surface area contributed by atoms with Crippen LogP contribution in [0.5, 0.6) is 0 Å². The molecule has 1 aliphatic heterocycles. The van der Waals surface area contributed by atoms with Crippen molar-refractivity contribution < 1.29 is 9.53 Å². The van der Waals surface area contributed by atoms with Crippen LogP contribution in [0.15, 0.2) is 23.1 Å². The molecule has 1 atom stereocenters. The van der Waals surface area contributed by atoms with Crippen LogP contribution in [0.2, 0.25) is 0 Å². The van der Waals surface area contributed by atoms with Gasteiger partial charge in [-0.1, -0.05) is 0 Å². The molecule has 0 bridgehead atoms. The summed E-state index contributed by atoms with van der Waals surface area (Å²) in [6.45, 7) is 4.63. The van der Waals surface area contributed by atoms with Gasteiger partial charge in [-0.05, 0) is 13.0 Å². The molecule has 2 heterocycles. The lowest BCUT2D eigenvalue weighted by Crippen LogP contribution is -2.40. The Balaban J connectivity index is 1.92. The van der Waals surface area contributed by atoms with Crippen molar-refractivity contribution in [3.63, 3.8) is 0 Å². The fraction of sp³-hybridized carbons (Fsp3) is 0.538. The Bertz CT molecular complexity index is 492. The molecule has 1 amide bonds. The molecule has 1 fully saturated rings. The molecule has 0 aromatic carbocycles. The first-order valence-corrected chi connectivity index (χ1v) is 6.51. The molecule has 1 aromatic heterocycles. The number of carbonyl (C=O) groups excluding carboxylic acids is 1. The molecular weight excluding hydrogens is 246 g/mol. The lowest BCUT2D eigenvalue weighted by molar-refractivity contribution is -0.119. The maximum absolute atomic E-state index is 11.9. The normalized spacial score (nSPS) is 19.1. The third-order valence-electron chi connectivity index (χ3n) is 3.03. The summed E-state index contributed by atoms with van der Waals surface area (Å²) in [5, 5.41) is 5.96. The second-order valence-electron chi connectivity index (χ2n) is 4.49. The van der Waals surface area contributed by atoms with E-state index in [0.717, 1.165) is 6.54 Å². The zero-order chi connectivity index (χ0) is 13.7. The van der Waals surface area contributed by atoms with Gasteiger partial charge in [0.15, 0.2) is 0 Å². The van der Waals surface area contributed by atoms with Crippen molar-refractivity contribution in [1.82, 2.24) is 9.88 Å². The van der Waals surface area contributed by atoms with E-state index in [0.29, 0.717) is 31.8 Å². The molecule has 19 heavy (non-hydrogen) atoms. The van der Waals surface area contributed by atoms with E-state index >= 15 is 0 Å². The lowest BCUT2D eigenvalue weighted by Gasteiger charge is -2.23. The molecule has 104 valence electrons. The predicted octanol–water partition coefficient (Wildman–Crippen LogP) is 0.185. The van der Waals surface area contributed by atoms with Gasteiger partial charge in [-0.15, -0.1) is 0 Å². The van der Waals surface area contributed by atoms with Gasteiger partial charge in [0.05, 0.1) is 24.8 Å². The second kappa shape index (κ2) is 6.49. The van der Waals surface area contributed by atoms with Crippen LogP contribution in [-0.2, 0) is 16.1 Å². The highest BCUT2D eigenvalue weighted by Gasteiger charge is 2.17. The molecule has 0 aliphatic carbocycles. The van der Waals surface area contributed by atoms with E-state index in [1.54, 1.807) is 16.8 Å². The van der Waals surface area contributed by atoms with Crippen LogP contribution in [0.25, 0.3) is 0 Å². The maximum atomic E-state index is 11.9. The van der Waals surface area contributed by atoms with Gasteiger partial charge in [0.1, 0.15) is 0 Å². The van der Waals surface area contributed by atoms with Crippen LogP contribution in [0, 0.1) is 0 Å². The zero-order valence-electron chi connectivity index (χ0n) is 11.0. The average Bonchev–Trinajstić information content (AvgIpc) is 2.42. The number of morpholine rings is 1. The van der Waals surface area contributed by atoms with Gasteiger partial charge < -0.3 is 19.9 Å². The number of nitrogens with one attached hydrogen (secondary N) is 2. The van der Waals surface area contributed by atoms with Crippen molar-refractivity contribution in [2.24, 2.45) is 0 Å². The van der Waals surface area contributed by atoms with Crippen LogP contribution in [0.4, 0.5) is 5.69 Å². The molecule has 2 rings (SSSR count). The number of pyridine rings is 1. The van der Waals surface area contributed by atoms with Crippen molar-refractivity contribution >= 4 is 11.6 Å². The standard InChI is InChI=1S/C13H19N3O3/c1-2-16-9-10(3-4-13(16)18)15-12(17)7-11-8-14-5-6-19-11/h3-4,9,11,14H,2,5-8H2,1H3,(H,15,17). The molecule has 6 nitrogen and oxygen atoms in total. The molecular formula is C13H19N3O3. The Morgan fingerprint density at radius 3 is 3.11 bits per heavy atom. The minimum absolute atomic E-state index is 0.0692. The van der Waals surface area contributed by atoms with Gasteiger partial charge >= 0.3 is 0 Å². The van der Waals surface area contributed by atoms with E-state index in [1.807, 2.05) is 6.92 Å². The molecule has 1 aromatic rings. The Labute approximate surface area is 111 Å². The van der Waals surface area contributed by atoms with Crippen molar-refractivity contribution in [2.75, 3.05) is 25.0 Å². The maximum Gasteiger partial charge on any atom is 0.250 e. The fourth-order valence-corrected chi connectivity index (χ4v) is 2.02. The van der Waals surface area contributed by atoms with E-state index in [2.05, 4.69) is 10.6 Å². The van der Waals surface area contributed by atoms with E-state index in [4.69, 9.17) is 4.74 Å². The third kappa shape index (κ3) is 3.90. The number of carbonyl (C=O) groups is 1. The van der Waals surface area contributed by atoms with Crippen LogP contribution in [0.1, 0.15) is 13.3 Å². The van der Waals surface area contributed by atoms with Crippen LogP contribution in [0.3, 0.4) is 0 Å². The highest BCUT2D eigenvalue weighted by Crippen LogP contribution is 2.07. The van der Waals surface area contributed by atoms with E-state index in [9.17, 15) is 9.59 Å². The van der Waals surface area contributed by atoms with Gasteiger partial charge in [-0.2, -0.15) is 0 Å². The monoisotopic (exact) mass is 265 g/mol. The summed E-state index contributed by atoms with van der Waals surface area (Å²) in [6, 6.07) is 3.07. The Morgan fingerprint density at radius 2 is 2.42 bits per heavy atom. The molecule has 2 N–H and O–H groups in total. The topological polar surface area (TPSA) is 72.4 Å². The van der Waals surface area contributed by atoms with Gasteiger partial charge in [0.25, 0.3) is 5.56 Å². The second-order valence-corrected chi connectivity index (χ2v) is 4.49. The molecule has 1 saturated heterocycles. The summed E-state index contributed by atoms with van der Waals surface area (Å²) in [7, 11) is 0. The predicted molar refractivity (Wildman–Crippen MR) is 72.2 cm³/mol. The van der Waals surface area contributed by atoms with Crippen LogP contribution >= 0.6 is 0 Å². The van der Waals surface area contributed by atoms with E-state index in [1.165, 1.54) is 6.07 Å². The van der Waals surface area contributed by atoms with Crippen LogP contribution < -0.4 is 16.2 Å². The molecule has 1 aliphatic rings. The van der Waals surface area contributed by atoms with Gasteiger partial charge in [0.2, 0.25) is 5.91 Å². The summed E-state index contributed by atoms with van der Waals surface area (Å²) < 4.78 is 7.02. The number of hydrogen-bond donors (Lipinski definition) is 2. The zero-order valence-corrected chi connectivity index (χ0v) is 11.0. The summed E-state index contributed by atoms with van der Waals surface area (Å²) in [5.74, 6) is -0.102. The molecule has 0 spiro atoms. The largest absolute Gasteiger partial charge is 0.375 e. The van der Waals surface area contributed by atoms with Crippen molar-refractivity contribution in [3.05, 3.63) is 28.7 Å². The quantitative estimate of drug-likeness (QED) is 0.815. The summed E-state index contributed by atoms with van der Waals surface area (Å²) in [6.07, 6.45) is 1.89. The van der Waals surface area contributed by atoms with Crippen LogP contribution in [-0.4, -0.2) is 36.3 Å². The first kappa shape index (κ1) is 13.8. The van der Waals surface area contributed by atoms with E-state index in [-0.39, 0.29) is 17.6 Å². The number of anilines is 1. The number of ether oxygens (including phenoxy) is 1. The number of aromatic nitrogens is 1. The Hall–Kier alpha value is -1.66. The number of amides is 1. The highest BCUT2D eigenvalue weighted by atomic mass is 16.5. The number of nitrogens with zero attached hydrogens (tertiary/aromatic N) is 1. The molecule has 6 heteroatoms. The van der Waals surface area contributed by atoms with Gasteiger partial charge in [-0.25, -0.2) is 0 Å². The molecule has 0 radical (unpaired) electrons. The van der Waals surface area contributed by atoms with Gasteiger partial charge in [-0.3, -0.25) is 9.59 Å². The molecule has 0 saturated carbocycles. The molecule has 1 unspecified atom stereocenters. The fourth-order valence-electron chi connectivity index (χ4n) is 2.02. The number of rotatable bonds is 4. The summed E-state index contributed by atoms with van der Waals surface area (Å²) in [5.41, 5.74) is 0.565. The minimum Gasteiger partial charge on any atom is -0.375 e. The van der Waals surface area contributed by atoms with Crippen molar-refractivity contribution in [1.29, 1.82) is 0 Å². The Morgan fingerprint density at radius 1 is 1.58 bits per heavy atom. The summed E-state index contributed by atoms with van der Waals surface area (Å²) in [4.78, 5) is 23.3. The lowest BCUT2D eigenvalue weighted by atomic mass is 10.2. The first-order chi connectivity index (χ1) is 9.19. The summed E-state index contributed by atoms with van der Waals surface area (Å²) >= 11 is 0. The van der Waals surface area contributed by atoms with E-state index < -0.39 is 0 Å². The van der Waals surface area contributed by atoms with Crippen molar-refractivity contribution in [3.8, 4) is 0 Å². The number of hydrogen-bond acceptors (Lipinski definition) is 4. The van der Waals surface area contributed by atoms with Gasteiger partial charge in [0, 0.05) is 31.9 Å². The SMILES string of the molecule is CCn1cc(NC(=O)CC2CNCCO2)ccc1=O. The highest BCUT2D eigenvalue weighted by molar-refractivity contribution is 5.90. The number of aryl methyl sites for hydroxylation is 1. The average molecular weight is 265 g/mol. The smallest absolute Gasteiger partial charge is 0.250 e. The first-order valence-electron chi connectivity index (χ1n) is 6.51.